The van der Waals surface area contributed by atoms with Gasteiger partial charge in [-0.25, -0.2) is 4.39 Å². The molecule has 0 saturated heterocycles. The van der Waals surface area contributed by atoms with Crippen LogP contribution in [0.4, 0.5) is 4.39 Å². The van der Waals surface area contributed by atoms with Gasteiger partial charge in [0.2, 0.25) is 0 Å². The highest BCUT2D eigenvalue weighted by atomic mass is 19.1. The maximum atomic E-state index is 12.7. The molecule has 2 unspecified atom stereocenters. The molecule has 1 N–H and O–H groups in total. The summed E-state index contributed by atoms with van der Waals surface area (Å²) in [5.41, 5.74) is 0.853. The van der Waals surface area contributed by atoms with Crippen molar-refractivity contribution in [2.24, 2.45) is 5.92 Å². The van der Waals surface area contributed by atoms with E-state index < -0.39 is 0 Å². The molecule has 1 aromatic rings. The number of rotatable bonds is 6. The van der Waals surface area contributed by atoms with E-state index in [1.165, 1.54) is 12.3 Å². The maximum Gasteiger partial charge on any atom is 0.141 e. The summed E-state index contributed by atoms with van der Waals surface area (Å²) < 4.78 is 17.7. The highest BCUT2D eigenvalue weighted by molar-refractivity contribution is 5.08. The third kappa shape index (κ3) is 4.24. The Morgan fingerprint density at radius 2 is 2.19 bits per heavy atom. The Kier molecular flexibility index (Phi) is 5.35. The van der Waals surface area contributed by atoms with Crippen LogP contribution < -0.4 is 5.32 Å². The van der Waals surface area contributed by atoms with Gasteiger partial charge in [-0.15, -0.1) is 0 Å². The van der Waals surface area contributed by atoms with Gasteiger partial charge in [-0.05, 0) is 25.0 Å². The minimum atomic E-state index is -0.302. The molecule has 0 aliphatic carbocycles. The molecular formula is C12H19FN2O. The van der Waals surface area contributed by atoms with E-state index in [9.17, 15) is 4.39 Å². The van der Waals surface area contributed by atoms with Crippen molar-refractivity contribution < 1.29 is 9.13 Å². The van der Waals surface area contributed by atoms with Gasteiger partial charge in [-0.3, -0.25) is 4.98 Å². The van der Waals surface area contributed by atoms with Gasteiger partial charge < -0.3 is 10.1 Å². The number of nitrogens with zero attached hydrogens (tertiary/aromatic N) is 1. The molecule has 1 rings (SSSR count). The summed E-state index contributed by atoms with van der Waals surface area (Å²) in [7, 11) is 1.70. The van der Waals surface area contributed by atoms with Gasteiger partial charge in [0.1, 0.15) is 5.82 Å². The van der Waals surface area contributed by atoms with Gasteiger partial charge in [0.05, 0.1) is 11.9 Å². The Hall–Kier alpha value is -1.00. The van der Waals surface area contributed by atoms with Gasteiger partial charge in [0.25, 0.3) is 0 Å². The molecule has 90 valence electrons. The molecule has 0 fully saturated rings. The lowest BCUT2D eigenvalue weighted by molar-refractivity contribution is 0.157. The Morgan fingerprint density at radius 1 is 1.44 bits per heavy atom. The minimum Gasteiger partial charge on any atom is -0.384 e. The molecule has 0 bridgehead atoms. The van der Waals surface area contributed by atoms with Gasteiger partial charge in [0, 0.05) is 26.3 Å². The lowest BCUT2D eigenvalue weighted by Crippen LogP contribution is -2.27. The monoisotopic (exact) mass is 226 g/mol. The van der Waals surface area contributed by atoms with Gasteiger partial charge in [0.15, 0.2) is 0 Å². The van der Waals surface area contributed by atoms with Gasteiger partial charge in [-0.1, -0.05) is 6.92 Å². The van der Waals surface area contributed by atoms with Crippen molar-refractivity contribution in [3.63, 3.8) is 0 Å². The van der Waals surface area contributed by atoms with Gasteiger partial charge >= 0.3 is 0 Å². The zero-order valence-corrected chi connectivity index (χ0v) is 10.0. The van der Waals surface area contributed by atoms with Crippen molar-refractivity contribution in [3.05, 3.63) is 29.8 Å². The van der Waals surface area contributed by atoms with E-state index in [0.29, 0.717) is 5.92 Å². The van der Waals surface area contributed by atoms with Crippen LogP contribution in [0.3, 0.4) is 0 Å². The number of ether oxygens (including phenoxy) is 1. The van der Waals surface area contributed by atoms with Crippen molar-refractivity contribution in [2.45, 2.75) is 19.9 Å². The summed E-state index contributed by atoms with van der Waals surface area (Å²) in [6.07, 6.45) is 1.24. The summed E-state index contributed by atoms with van der Waals surface area (Å²) in [5.74, 6) is 0.150. The summed E-state index contributed by atoms with van der Waals surface area (Å²) in [4.78, 5) is 4.03. The smallest absolute Gasteiger partial charge is 0.141 e. The predicted molar refractivity (Wildman–Crippen MR) is 61.7 cm³/mol. The molecule has 2 atom stereocenters. The largest absolute Gasteiger partial charge is 0.384 e. The first-order valence-corrected chi connectivity index (χ1v) is 5.47. The fourth-order valence-electron chi connectivity index (χ4n) is 1.47. The fourth-order valence-corrected chi connectivity index (χ4v) is 1.47. The molecule has 4 heteroatoms. The highest BCUT2D eigenvalue weighted by Crippen LogP contribution is 2.09. The Morgan fingerprint density at radius 3 is 2.75 bits per heavy atom. The second-order valence-electron chi connectivity index (χ2n) is 4.09. The minimum absolute atomic E-state index is 0.125. The lowest BCUT2D eigenvalue weighted by atomic mass is 10.1. The molecule has 0 amide bonds. The normalized spacial score (nSPS) is 14.8. The third-order valence-corrected chi connectivity index (χ3v) is 2.42. The molecule has 1 heterocycles. The van der Waals surface area contributed by atoms with E-state index in [2.05, 4.69) is 17.2 Å². The lowest BCUT2D eigenvalue weighted by Gasteiger charge is -2.16. The molecule has 0 aromatic carbocycles. The molecule has 16 heavy (non-hydrogen) atoms. The number of hydrogen-bond donors (Lipinski definition) is 1. The number of pyridine rings is 1. The van der Waals surface area contributed by atoms with Crippen molar-refractivity contribution in [1.29, 1.82) is 0 Å². The second-order valence-corrected chi connectivity index (χ2v) is 4.09. The zero-order valence-electron chi connectivity index (χ0n) is 10.0. The molecule has 0 spiro atoms. The van der Waals surface area contributed by atoms with E-state index in [1.807, 2.05) is 6.92 Å². The Labute approximate surface area is 96.0 Å². The zero-order chi connectivity index (χ0) is 12.0. The molecule has 1 aromatic heterocycles. The van der Waals surface area contributed by atoms with E-state index in [-0.39, 0.29) is 11.9 Å². The van der Waals surface area contributed by atoms with Crippen LogP contribution in [0.15, 0.2) is 18.3 Å². The van der Waals surface area contributed by atoms with Crippen molar-refractivity contribution in [3.8, 4) is 0 Å². The van der Waals surface area contributed by atoms with Crippen LogP contribution in [0.5, 0.6) is 0 Å². The summed E-state index contributed by atoms with van der Waals surface area (Å²) in [6.45, 7) is 5.71. The SMILES string of the molecule is COCC(C)CNC(C)c1ccc(F)cn1. The summed E-state index contributed by atoms with van der Waals surface area (Å²) >= 11 is 0. The summed E-state index contributed by atoms with van der Waals surface area (Å²) in [6, 6.07) is 3.26. The maximum absolute atomic E-state index is 12.7. The average Bonchev–Trinajstić information content (AvgIpc) is 2.27. The highest BCUT2D eigenvalue weighted by Gasteiger charge is 2.08. The molecular weight excluding hydrogens is 207 g/mol. The van der Waals surface area contributed by atoms with Crippen LogP contribution >= 0.6 is 0 Å². The molecule has 0 aliphatic heterocycles. The number of nitrogens with one attached hydrogen (secondary N) is 1. The molecule has 3 nitrogen and oxygen atoms in total. The average molecular weight is 226 g/mol. The fraction of sp³-hybridized carbons (Fsp3) is 0.583. The van der Waals surface area contributed by atoms with Crippen molar-refractivity contribution in [2.75, 3.05) is 20.3 Å². The van der Waals surface area contributed by atoms with Gasteiger partial charge in [-0.2, -0.15) is 0 Å². The number of aromatic nitrogens is 1. The van der Waals surface area contributed by atoms with Crippen LogP contribution in [0.2, 0.25) is 0 Å². The Bertz CT molecular complexity index is 302. The first kappa shape index (κ1) is 13.1. The second kappa shape index (κ2) is 6.55. The summed E-state index contributed by atoms with van der Waals surface area (Å²) in [5, 5.41) is 3.34. The topological polar surface area (TPSA) is 34.1 Å². The predicted octanol–water partition coefficient (Wildman–Crippen LogP) is 2.15. The van der Waals surface area contributed by atoms with E-state index in [4.69, 9.17) is 4.74 Å². The van der Waals surface area contributed by atoms with E-state index in [1.54, 1.807) is 13.2 Å². The van der Waals surface area contributed by atoms with Crippen LogP contribution in [0, 0.1) is 11.7 Å². The number of hydrogen-bond acceptors (Lipinski definition) is 3. The van der Waals surface area contributed by atoms with Crippen LogP contribution in [0.25, 0.3) is 0 Å². The molecule has 0 radical (unpaired) electrons. The van der Waals surface area contributed by atoms with E-state index in [0.717, 1.165) is 18.8 Å². The number of halogens is 1. The number of methoxy groups -OCH3 is 1. The van der Waals surface area contributed by atoms with Crippen molar-refractivity contribution >= 4 is 0 Å². The van der Waals surface area contributed by atoms with Crippen LogP contribution in [0.1, 0.15) is 25.6 Å². The van der Waals surface area contributed by atoms with E-state index >= 15 is 0 Å². The van der Waals surface area contributed by atoms with Crippen LogP contribution in [-0.4, -0.2) is 25.2 Å². The first-order valence-electron chi connectivity index (χ1n) is 5.47. The quantitative estimate of drug-likeness (QED) is 0.807. The standard InChI is InChI=1S/C12H19FN2O/c1-9(8-16-3)6-14-10(2)12-5-4-11(13)7-15-12/h4-5,7,9-10,14H,6,8H2,1-3H3. The molecule has 0 aliphatic rings. The Balaban J connectivity index is 2.40. The molecule has 0 saturated carbocycles. The van der Waals surface area contributed by atoms with Crippen LogP contribution in [-0.2, 0) is 4.74 Å². The first-order chi connectivity index (χ1) is 7.63. The van der Waals surface area contributed by atoms with Crippen molar-refractivity contribution in [1.82, 2.24) is 10.3 Å². The third-order valence-electron chi connectivity index (χ3n) is 2.42.